The highest BCUT2D eigenvalue weighted by molar-refractivity contribution is 7.99. The van der Waals surface area contributed by atoms with E-state index < -0.39 is 0 Å². The van der Waals surface area contributed by atoms with Gasteiger partial charge in [0.2, 0.25) is 0 Å². The SMILES string of the molecule is CSC1CCC(NC(=O)c2cccc(C#CCN)c2)CC1. The summed E-state index contributed by atoms with van der Waals surface area (Å²) in [6.07, 6.45) is 6.69. The van der Waals surface area contributed by atoms with Crippen LogP contribution >= 0.6 is 11.8 Å². The van der Waals surface area contributed by atoms with Crippen LogP contribution in [0.1, 0.15) is 41.6 Å². The molecule has 1 aromatic rings. The molecule has 1 fully saturated rings. The van der Waals surface area contributed by atoms with Gasteiger partial charge in [0.05, 0.1) is 6.54 Å². The van der Waals surface area contributed by atoms with E-state index in [1.165, 1.54) is 12.8 Å². The molecule has 4 heteroatoms. The van der Waals surface area contributed by atoms with Crippen LogP contribution < -0.4 is 11.1 Å². The third kappa shape index (κ3) is 4.80. The molecule has 1 amide bonds. The summed E-state index contributed by atoms with van der Waals surface area (Å²) in [5.74, 6) is 5.77. The van der Waals surface area contributed by atoms with Crippen molar-refractivity contribution < 1.29 is 4.79 Å². The Hall–Kier alpha value is -1.44. The van der Waals surface area contributed by atoms with Crippen LogP contribution in [-0.2, 0) is 0 Å². The maximum absolute atomic E-state index is 12.3. The fourth-order valence-corrected chi connectivity index (χ4v) is 3.35. The number of hydrogen-bond donors (Lipinski definition) is 2. The summed E-state index contributed by atoms with van der Waals surface area (Å²) >= 11 is 1.93. The average molecular weight is 302 g/mol. The summed E-state index contributed by atoms with van der Waals surface area (Å²) in [5, 5.41) is 3.90. The van der Waals surface area contributed by atoms with Crippen molar-refractivity contribution in [1.29, 1.82) is 0 Å². The van der Waals surface area contributed by atoms with Crippen LogP contribution in [0, 0.1) is 11.8 Å². The van der Waals surface area contributed by atoms with Crippen molar-refractivity contribution in [3.05, 3.63) is 35.4 Å². The van der Waals surface area contributed by atoms with E-state index in [4.69, 9.17) is 5.73 Å². The molecule has 0 atom stereocenters. The second-order valence-corrected chi connectivity index (χ2v) is 6.41. The molecule has 3 nitrogen and oxygen atoms in total. The smallest absolute Gasteiger partial charge is 0.251 e. The van der Waals surface area contributed by atoms with E-state index in [0.29, 0.717) is 18.2 Å². The van der Waals surface area contributed by atoms with Crippen LogP contribution in [0.25, 0.3) is 0 Å². The largest absolute Gasteiger partial charge is 0.349 e. The van der Waals surface area contributed by atoms with E-state index >= 15 is 0 Å². The third-order valence-corrected chi connectivity index (χ3v) is 4.94. The van der Waals surface area contributed by atoms with Crippen LogP contribution in [0.15, 0.2) is 24.3 Å². The molecule has 21 heavy (non-hydrogen) atoms. The zero-order chi connectivity index (χ0) is 15.1. The highest BCUT2D eigenvalue weighted by Gasteiger charge is 2.22. The lowest BCUT2D eigenvalue weighted by molar-refractivity contribution is 0.0928. The first-order valence-electron chi connectivity index (χ1n) is 7.35. The van der Waals surface area contributed by atoms with Gasteiger partial charge in [-0.1, -0.05) is 17.9 Å². The molecule has 0 spiro atoms. The summed E-state index contributed by atoms with van der Waals surface area (Å²) in [5.41, 5.74) is 6.87. The first-order chi connectivity index (χ1) is 10.2. The molecule has 0 radical (unpaired) electrons. The quantitative estimate of drug-likeness (QED) is 0.843. The van der Waals surface area contributed by atoms with Crippen molar-refractivity contribution in [3.8, 4) is 11.8 Å². The Morgan fingerprint density at radius 2 is 2.14 bits per heavy atom. The standard InChI is InChI=1S/C17H22N2OS/c1-21-16-9-7-15(8-10-16)19-17(20)14-6-2-4-13(12-14)5-3-11-18/h2,4,6,12,15-16H,7-11,18H2,1H3,(H,19,20). The van der Waals surface area contributed by atoms with E-state index in [0.717, 1.165) is 23.7 Å². The molecule has 0 saturated heterocycles. The third-order valence-electron chi connectivity index (χ3n) is 3.80. The number of nitrogens with two attached hydrogens (primary N) is 1. The van der Waals surface area contributed by atoms with Crippen molar-refractivity contribution in [1.82, 2.24) is 5.32 Å². The van der Waals surface area contributed by atoms with Crippen molar-refractivity contribution >= 4 is 17.7 Å². The molecule has 0 heterocycles. The maximum Gasteiger partial charge on any atom is 0.251 e. The monoisotopic (exact) mass is 302 g/mol. The van der Waals surface area contributed by atoms with E-state index in [-0.39, 0.29) is 5.91 Å². The molecule has 112 valence electrons. The van der Waals surface area contributed by atoms with E-state index in [1.54, 1.807) is 0 Å². The molecule has 0 bridgehead atoms. The molecule has 1 aliphatic rings. The summed E-state index contributed by atoms with van der Waals surface area (Å²) in [7, 11) is 0. The first kappa shape index (κ1) is 15.9. The lowest BCUT2D eigenvalue weighted by Crippen LogP contribution is -2.38. The number of hydrogen-bond acceptors (Lipinski definition) is 3. The molecule has 0 aliphatic heterocycles. The Morgan fingerprint density at radius 3 is 2.81 bits per heavy atom. The minimum absolute atomic E-state index is 0.000926. The lowest BCUT2D eigenvalue weighted by atomic mass is 9.94. The Morgan fingerprint density at radius 1 is 1.38 bits per heavy atom. The molecule has 3 N–H and O–H groups in total. The highest BCUT2D eigenvalue weighted by atomic mass is 32.2. The van der Waals surface area contributed by atoms with E-state index in [1.807, 2.05) is 36.0 Å². The van der Waals surface area contributed by atoms with Crippen LogP contribution in [0.5, 0.6) is 0 Å². The van der Waals surface area contributed by atoms with Crippen molar-refractivity contribution in [3.63, 3.8) is 0 Å². The number of thioether (sulfide) groups is 1. The van der Waals surface area contributed by atoms with Crippen molar-refractivity contribution in [2.24, 2.45) is 5.73 Å². The predicted molar refractivity (Wildman–Crippen MR) is 89.4 cm³/mol. The number of carbonyl (C=O) groups excluding carboxylic acids is 1. The van der Waals surface area contributed by atoms with Gasteiger partial charge in [-0.25, -0.2) is 0 Å². The lowest BCUT2D eigenvalue weighted by Gasteiger charge is -2.28. The second-order valence-electron chi connectivity index (χ2n) is 5.27. The van der Waals surface area contributed by atoms with Gasteiger partial charge >= 0.3 is 0 Å². The summed E-state index contributed by atoms with van der Waals surface area (Å²) in [6.45, 7) is 0.328. The normalized spacial score (nSPS) is 21.2. The van der Waals surface area contributed by atoms with Crippen molar-refractivity contribution in [2.75, 3.05) is 12.8 Å². The van der Waals surface area contributed by atoms with Gasteiger partial charge in [0, 0.05) is 22.4 Å². The highest BCUT2D eigenvalue weighted by Crippen LogP contribution is 2.26. The topological polar surface area (TPSA) is 55.1 Å². The molecule has 2 rings (SSSR count). The van der Waals surface area contributed by atoms with Crippen molar-refractivity contribution in [2.45, 2.75) is 37.0 Å². The van der Waals surface area contributed by atoms with Crippen LogP contribution in [0.4, 0.5) is 0 Å². The first-order valence-corrected chi connectivity index (χ1v) is 8.64. The van der Waals surface area contributed by atoms with Gasteiger partial charge < -0.3 is 11.1 Å². The Bertz CT molecular complexity index is 539. The average Bonchev–Trinajstić information content (AvgIpc) is 2.54. The summed E-state index contributed by atoms with van der Waals surface area (Å²) in [4.78, 5) is 12.3. The molecule has 1 aromatic carbocycles. The fraction of sp³-hybridized carbons (Fsp3) is 0.471. The summed E-state index contributed by atoms with van der Waals surface area (Å²) in [6, 6.07) is 7.71. The van der Waals surface area contributed by atoms with Gasteiger partial charge in [-0.05, 0) is 50.1 Å². The van der Waals surface area contributed by atoms with E-state index in [2.05, 4.69) is 23.4 Å². The van der Waals surface area contributed by atoms with Gasteiger partial charge in [-0.2, -0.15) is 11.8 Å². The molecule has 0 aromatic heterocycles. The minimum Gasteiger partial charge on any atom is -0.349 e. The Labute approximate surface area is 131 Å². The zero-order valence-corrected chi connectivity index (χ0v) is 13.2. The fourth-order valence-electron chi connectivity index (χ4n) is 2.60. The molecular weight excluding hydrogens is 280 g/mol. The summed E-state index contributed by atoms with van der Waals surface area (Å²) < 4.78 is 0. The zero-order valence-electron chi connectivity index (χ0n) is 12.4. The second kappa shape index (κ2) is 8.11. The Balaban J connectivity index is 1.94. The van der Waals surface area contributed by atoms with Crippen LogP contribution in [-0.4, -0.2) is 30.0 Å². The maximum atomic E-state index is 12.3. The Kier molecular flexibility index (Phi) is 6.16. The number of nitrogens with one attached hydrogen (secondary N) is 1. The van der Waals surface area contributed by atoms with Crippen LogP contribution in [0.2, 0.25) is 0 Å². The van der Waals surface area contributed by atoms with E-state index in [9.17, 15) is 4.79 Å². The number of amides is 1. The molecule has 0 unspecified atom stereocenters. The molecule has 1 aliphatic carbocycles. The minimum atomic E-state index is -0.000926. The number of carbonyl (C=O) groups is 1. The molecule has 1 saturated carbocycles. The van der Waals surface area contributed by atoms with Gasteiger partial charge in [-0.15, -0.1) is 0 Å². The van der Waals surface area contributed by atoms with Crippen LogP contribution in [0.3, 0.4) is 0 Å². The number of rotatable bonds is 3. The predicted octanol–water partition coefficient (Wildman–Crippen LogP) is 2.40. The van der Waals surface area contributed by atoms with Gasteiger partial charge in [0.15, 0.2) is 0 Å². The van der Waals surface area contributed by atoms with Gasteiger partial charge in [0.25, 0.3) is 5.91 Å². The van der Waals surface area contributed by atoms with Gasteiger partial charge in [0.1, 0.15) is 0 Å². The molecular formula is C17H22N2OS. The van der Waals surface area contributed by atoms with Gasteiger partial charge in [-0.3, -0.25) is 4.79 Å². The number of benzene rings is 1.